The van der Waals surface area contributed by atoms with Crippen molar-refractivity contribution in [3.05, 3.63) is 29.8 Å². The van der Waals surface area contributed by atoms with Gasteiger partial charge in [-0.25, -0.2) is 0 Å². The van der Waals surface area contributed by atoms with Gasteiger partial charge in [0.05, 0.1) is 6.10 Å². The van der Waals surface area contributed by atoms with Crippen molar-refractivity contribution in [1.29, 1.82) is 0 Å². The van der Waals surface area contributed by atoms with Gasteiger partial charge in [-0.1, -0.05) is 18.2 Å². The van der Waals surface area contributed by atoms with Gasteiger partial charge < -0.3 is 4.74 Å². The third-order valence-corrected chi connectivity index (χ3v) is 4.11. The zero-order valence-corrected chi connectivity index (χ0v) is 10.2. The van der Waals surface area contributed by atoms with Crippen LogP contribution in [0.15, 0.2) is 24.3 Å². The van der Waals surface area contributed by atoms with Gasteiger partial charge in [-0.3, -0.25) is 4.79 Å². The molecule has 90 valence electrons. The SMILES string of the molecule is CC1CC2(CCCC(=O)C2)c2ccccc2O1. The molecule has 1 aliphatic carbocycles. The van der Waals surface area contributed by atoms with Crippen LogP contribution in [0.3, 0.4) is 0 Å². The lowest BCUT2D eigenvalue weighted by Crippen LogP contribution is -2.41. The highest BCUT2D eigenvalue weighted by molar-refractivity contribution is 5.81. The molecule has 0 amide bonds. The first-order valence-corrected chi connectivity index (χ1v) is 6.47. The van der Waals surface area contributed by atoms with Gasteiger partial charge in [-0.2, -0.15) is 0 Å². The molecule has 0 bridgehead atoms. The molecular weight excluding hydrogens is 212 g/mol. The standard InChI is InChI=1S/C15H18O2/c1-11-9-15(8-4-5-12(16)10-15)13-6-2-3-7-14(13)17-11/h2-3,6-7,11H,4-5,8-10H2,1H3. The van der Waals surface area contributed by atoms with Crippen molar-refractivity contribution in [3.63, 3.8) is 0 Å². The van der Waals surface area contributed by atoms with Gasteiger partial charge in [-0.05, 0) is 32.3 Å². The molecule has 17 heavy (non-hydrogen) atoms. The summed E-state index contributed by atoms with van der Waals surface area (Å²) in [6.07, 6.45) is 4.83. The first kappa shape index (κ1) is 10.8. The number of ketones is 1. The van der Waals surface area contributed by atoms with Gasteiger partial charge in [0.2, 0.25) is 0 Å². The molecule has 2 nitrogen and oxygen atoms in total. The van der Waals surface area contributed by atoms with Crippen molar-refractivity contribution in [2.24, 2.45) is 0 Å². The lowest BCUT2D eigenvalue weighted by atomic mass is 9.65. The Kier molecular flexibility index (Phi) is 2.46. The molecule has 2 atom stereocenters. The van der Waals surface area contributed by atoms with Crippen LogP contribution < -0.4 is 4.74 Å². The van der Waals surface area contributed by atoms with E-state index in [-0.39, 0.29) is 11.5 Å². The van der Waals surface area contributed by atoms with Gasteiger partial charge in [0.25, 0.3) is 0 Å². The number of benzene rings is 1. The molecule has 1 aromatic carbocycles. The van der Waals surface area contributed by atoms with Gasteiger partial charge in [-0.15, -0.1) is 0 Å². The maximum absolute atomic E-state index is 11.8. The van der Waals surface area contributed by atoms with E-state index in [2.05, 4.69) is 19.1 Å². The number of Topliss-reactive ketones (excluding diaryl/α,β-unsaturated/α-hetero) is 1. The van der Waals surface area contributed by atoms with Crippen LogP contribution in [0.4, 0.5) is 0 Å². The topological polar surface area (TPSA) is 26.3 Å². The van der Waals surface area contributed by atoms with Crippen LogP contribution in [-0.4, -0.2) is 11.9 Å². The van der Waals surface area contributed by atoms with E-state index >= 15 is 0 Å². The lowest BCUT2D eigenvalue weighted by molar-refractivity contribution is -0.122. The maximum atomic E-state index is 11.8. The average molecular weight is 230 g/mol. The van der Waals surface area contributed by atoms with E-state index < -0.39 is 0 Å². The Bertz CT molecular complexity index is 452. The smallest absolute Gasteiger partial charge is 0.133 e. The summed E-state index contributed by atoms with van der Waals surface area (Å²) in [6, 6.07) is 8.24. The summed E-state index contributed by atoms with van der Waals surface area (Å²) < 4.78 is 5.88. The molecule has 2 aliphatic rings. The molecule has 1 aromatic rings. The van der Waals surface area contributed by atoms with E-state index in [0.29, 0.717) is 12.2 Å². The second-order valence-corrected chi connectivity index (χ2v) is 5.48. The van der Waals surface area contributed by atoms with Crippen molar-refractivity contribution in [3.8, 4) is 5.75 Å². The van der Waals surface area contributed by atoms with Gasteiger partial charge in [0.1, 0.15) is 11.5 Å². The van der Waals surface area contributed by atoms with Crippen molar-refractivity contribution in [2.45, 2.75) is 50.5 Å². The van der Waals surface area contributed by atoms with E-state index in [1.807, 2.05) is 12.1 Å². The minimum absolute atomic E-state index is 0.0591. The predicted octanol–water partition coefficient (Wildman–Crippen LogP) is 3.24. The van der Waals surface area contributed by atoms with Crippen molar-refractivity contribution < 1.29 is 9.53 Å². The van der Waals surface area contributed by atoms with E-state index in [1.165, 1.54) is 5.56 Å². The molecule has 1 saturated carbocycles. The van der Waals surface area contributed by atoms with E-state index in [0.717, 1.165) is 31.4 Å². The Morgan fingerprint density at radius 3 is 3.00 bits per heavy atom. The van der Waals surface area contributed by atoms with Crippen molar-refractivity contribution in [1.82, 2.24) is 0 Å². The minimum Gasteiger partial charge on any atom is -0.490 e. The second-order valence-electron chi connectivity index (χ2n) is 5.48. The zero-order valence-electron chi connectivity index (χ0n) is 10.2. The van der Waals surface area contributed by atoms with Gasteiger partial charge >= 0.3 is 0 Å². The molecule has 0 N–H and O–H groups in total. The Balaban J connectivity index is 2.07. The summed E-state index contributed by atoms with van der Waals surface area (Å²) in [5, 5.41) is 0. The lowest BCUT2D eigenvalue weighted by Gasteiger charge is -2.43. The number of hydrogen-bond donors (Lipinski definition) is 0. The highest BCUT2D eigenvalue weighted by atomic mass is 16.5. The summed E-state index contributed by atoms with van der Waals surface area (Å²) in [4.78, 5) is 11.8. The van der Waals surface area contributed by atoms with Crippen molar-refractivity contribution in [2.75, 3.05) is 0 Å². The Morgan fingerprint density at radius 1 is 1.35 bits per heavy atom. The Hall–Kier alpha value is -1.31. The number of carbonyl (C=O) groups excluding carboxylic acids is 1. The van der Waals surface area contributed by atoms with Gasteiger partial charge in [0.15, 0.2) is 0 Å². The molecule has 2 heteroatoms. The fraction of sp³-hybridized carbons (Fsp3) is 0.533. The molecule has 1 heterocycles. The fourth-order valence-corrected chi connectivity index (χ4v) is 3.51. The number of para-hydroxylation sites is 1. The summed E-state index contributed by atoms with van der Waals surface area (Å²) >= 11 is 0. The number of fused-ring (bicyclic) bond motifs is 2. The second kappa shape index (κ2) is 3.86. The fourth-order valence-electron chi connectivity index (χ4n) is 3.51. The van der Waals surface area contributed by atoms with Crippen LogP contribution in [-0.2, 0) is 10.2 Å². The number of rotatable bonds is 0. The summed E-state index contributed by atoms with van der Waals surface area (Å²) in [5.41, 5.74) is 1.31. The molecule has 1 aliphatic heterocycles. The normalized spacial score (nSPS) is 32.1. The predicted molar refractivity (Wildman–Crippen MR) is 66.3 cm³/mol. The largest absolute Gasteiger partial charge is 0.490 e. The third-order valence-electron chi connectivity index (χ3n) is 4.11. The third kappa shape index (κ3) is 1.76. The molecule has 0 radical (unpaired) electrons. The van der Waals surface area contributed by atoms with E-state index in [1.54, 1.807) is 0 Å². The Labute approximate surface area is 102 Å². The Morgan fingerprint density at radius 2 is 2.18 bits per heavy atom. The molecule has 2 unspecified atom stereocenters. The molecule has 1 fully saturated rings. The molecule has 3 rings (SSSR count). The first-order chi connectivity index (χ1) is 8.20. The number of hydrogen-bond acceptors (Lipinski definition) is 2. The van der Waals surface area contributed by atoms with Gasteiger partial charge in [0, 0.05) is 23.8 Å². The first-order valence-electron chi connectivity index (χ1n) is 6.47. The van der Waals surface area contributed by atoms with Crippen LogP contribution in [0.2, 0.25) is 0 Å². The highest BCUT2D eigenvalue weighted by Crippen LogP contribution is 2.48. The molecule has 0 aromatic heterocycles. The quantitative estimate of drug-likeness (QED) is 0.684. The molecule has 1 spiro atoms. The van der Waals surface area contributed by atoms with Crippen LogP contribution in [0.5, 0.6) is 5.75 Å². The van der Waals surface area contributed by atoms with Crippen LogP contribution in [0.1, 0.15) is 44.6 Å². The van der Waals surface area contributed by atoms with Crippen molar-refractivity contribution >= 4 is 5.78 Å². The molecule has 0 saturated heterocycles. The number of carbonyl (C=O) groups is 1. The van der Waals surface area contributed by atoms with Crippen LogP contribution >= 0.6 is 0 Å². The van der Waals surface area contributed by atoms with Crippen LogP contribution in [0.25, 0.3) is 0 Å². The summed E-state index contributed by atoms with van der Waals surface area (Å²) in [6.45, 7) is 2.11. The summed E-state index contributed by atoms with van der Waals surface area (Å²) in [5.74, 6) is 1.40. The molecular formula is C15H18O2. The summed E-state index contributed by atoms with van der Waals surface area (Å²) in [7, 11) is 0. The zero-order chi connectivity index (χ0) is 11.9. The van der Waals surface area contributed by atoms with E-state index in [4.69, 9.17) is 4.74 Å². The average Bonchev–Trinajstić information content (AvgIpc) is 2.28. The highest BCUT2D eigenvalue weighted by Gasteiger charge is 2.43. The van der Waals surface area contributed by atoms with Crippen LogP contribution in [0, 0.1) is 0 Å². The number of ether oxygens (including phenoxy) is 1. The monoisotopic (exact) mass is 230 g/mol. The maximum Gasteiger partial charge on any atom is 0.133 e. The van der Waals surface area contributed by atoms with E-state index in [9.17, 15) is 4.79 Å². The minimum atomic E-state index is 0.0591.